The Morgan fingerprint density at radius 3 is 2.71 bits per heavy atom. The van der Waals surface area contributed by atoms with Crippen molar-refractivity contribution in [2.45, 2.75) is 24.9 Å². The van der Waals surface area contributed by atoms with E-state index in [1.54, 1.807) is 0 Å². The number of thiocarbonyl (C=S) groups is 1. The highest BCUT2D eigenvalue weighted by Crippen LogP contribution is 2.40. The van der Waals surface area contributed by atoms with Gasteiger partial charge >= 0.3 is 0 Å². The lowest BCUT2D eigenvalue weighted by atomic mass is 9.86. The molecule has 1 N–H and O–H groups in total. The highest BCUT2D eigenvalue weighted by atomic mass is 79.9. The van der Waals surface area contributed by atoms with Gasteiger partial charge in [0.2, 0.25) is 0 Å². The smallest absolute Gasteiger partial charge is 0.169 e. The lowest BCUT2D eigenvalue weighted by Gasteiger charge is -2.43. The van der Waals surface area contributed by atoms with Crippen molar-refractivity contribution in [2.75, 3.05) is 26.7 Å². The second-order valence-corrected chi connectivity index (χ2v) is 8.80. The summed E-state index contributed by atoms with van der Waals surface area (Å²) in [6.45, 7) is 2.53. The Morgan fingerprint density at radius 2 is 1.93 bits per heavy atom. The van der Waals surface area contributed by atoms with Crippen LogP contribution >= 0.6 is 28.1 Å². The largest absolute Gasteiger partial charge is 0.362 e. The van der Waals surface area contributed by atoms with Crippen molar-refractivity contribution in [1.82, 2.24) is 15.3 Å². The SMILES string of the molecule is CN1OC[C@@H]2CN(C(=S)NCCc3ccccc3)[C@H](c3ccccc3Br)C[C@@H]21. The van der Waals surface area contributed by atoms with Crippen molar-refractivity contribution in [3.8, 4) is 0 Å². The standard InChI is InChI=1S/C22H26BrN3OS/c1-25-20-13-21(18-9-5-6-10-19(18)23)26(14-17(20)15-27-25)22(28)24-12-11-16-7-3-2-4-8-16/h2-10,17,20-21H,11-15H2,1H3,(H,24,28)/t17-,20-,21-/m0/s1. The van der Waals surface area contributed by atoms with Crippen molar-refractivity contribution in [3.63, 3.8) is 0 Å². The first-order valence-electron chi connectivity index (χ1n) is 9.82. The average Bonchev–Trinajstić information content (AvgIpc) is 3.08. The van der Waals surface area contributed by atoms with Gasteiger partial charge in [0.15, 0.2) is 5.11 Å². The van der Waals surface area contributed by atoms with Gasteiger partial charge in [0.25, 0.3) is 0 Å². The van der Waals surface area contributed by atoms with Gasteiger partial charge in [0.05, 0.1) is 12.6 Å². The van der Waals surface area contributed by atoms with Crippen LogP contribution in [-0.2, 0) is 11.3 Å². The summed E-state index contributed by atoms with van der Waals surface area (Å²) < 4.78 is 1.14. The van der Waals surface area contributed by atoms with E-state index in [-0.39, 0.29) is 6.04 Å². The molecule has 2 aromatic carbocycles. The molecule has 2 fully saturated rings. The quantitative estimate of drug-likeness (QED) is 0.692. The number of likely N-dealkylation sites (tertiary alicyclic amines) is 1. The van der Waals surface area contributed by atoms with Crippen LogP contribution in [0.1, 0.15) is 23.6 Å². The Labute approximate surface area is 180 Å². The maximum Gasteiger partial charge on any atom is 0.169 e. The number of piperidine rings is 1. The molecule has 0 aromatic heterocycles. The number of nitrogens with one attached hydrogen (secondary N) is 1. The summed E-state index contributed by atoms with van der Waals surface area (Å²) in [5, 5.41) is 6.38. The zero-order valence-electron chi connectivity index (χ0n) is 16.1. The fraction of sp³-hybridized carbons (Fsp3) is 0.409. The Hall–Kier alpha value is -1.47. The van der Waals surface area contributed by atoms with Crippen LogP contribution in [0.4, 0.5) is 0 Å². The number of nitrogens with zero attached hydrogens (tertiary/aromatic N) is 2. The summed E-state index contributed by atoms with van der Waals surface area (Å²) in [7, 11) is 2.05. The normalized spacial score (nSPS) is 24.8. The van der Waals surface area contributed by atoms with Gasteiger partial charge in [-0.1, -0.05) is 64.5 Å². The zero-order valence-corrected chi connectivity index (χ0v) is 18.5. The molecule has 2 heterocycles. The summed E-state index contributed by atoms with van der Waals surface area (Å²) in [6, 6.07) is 19.7. The first kappa shape index (κ1) is 19.8. The minimum absolute atomic E-state index is 0.234. The van der Waals surface area contributed by atoms with E-state index in [1.165, 1.54) is 11.1 Å². The first-order chi connectivity index (χ1) is 13.6. The van der Waals surface area contributed by atoms with E-state index in [0.29, 0.717) is 12.0 Å². The number of hydroxylamine groups is 2. The van der Waals surface area contributed by atoms with E-state index < -0.39 is 0 Å². The van der Waals surface area contributed by atoms with Gasteiger partial charge < -0.3 is 10.2 Å². The van der Waals surface area contributed by atoms with Gasteiger partial charge in [0, 0.05) is 36.6 Å². The number of fused-ring (bicyclic) bond motifs is 1. The summed E-state index contributed by atoms with van der Waals surface area (Å²) in [6.07, 6.45) is 1.97. The number of halogens is 1. The van der Waals surface area contributed by atoms with Crippen LogP contribution < -0.4 is 5.32 Å². The molecule has 2 saturated heterocycles. The van der Waals surface area contributed by atoms with Gasteiger partial charge in [-0.15, -0.1) is 0 Å². The van der Waals surface area contributed by atoms with E-state index in [0.717, 1.165) is 42.1 Å². The van der Waals surface area contributed by atoms with Crippen LogP contribution in [0.5, 0.6) is 0 Å². The van der Waals surface area contributed by atoms with Crippen molar-refractivity contribution in [2.24, 2.45) is 5.92 Å². The molecule has 0 unspecified atom stereocenters. The Bertz CT molecular complexity index is 818. The molecule has 0 bridgehead atoms. The van der Waals surface area contributed by atoms with Crippen molar-refractivity contribution < 1.29 is 4.84 Å². The van der Waals surface area contributed by atoms with Crippen molar-refractivity contribution in [3.05, 3.63) is 70.2 Å². The minimum Gasteiger partial charge on any atom is -0.362 e. The first-order valence-corrected chi connectivity index (χ1v) is 11.0. The average molecular weight is 460 g/mol. The number of rotatable bonds is 4. The molecule has 4 rings (SSSR count). The molecule has 2 aromatic rings. The Morgan fingerprint density at radius 1 is 1.18 bits per heavy atom. The lowest BCUT2D eigenvalue weighted by Crippen LogP contribution is -2.52. The van der Waals surface area contributed by atoms with Crippen LogP contribution in [-0.4, -0.2) is 47.9 Å². The molecule has 0 saturated carbocycles. The minimum atomic E-state index is 0.234. The van der Waals surface area contributed by atoms with Gasteiger partial charge in [-0.05, 0) is 42.3 Å². The van der Waals surface area contributed by atoms with E-state index in [1.807, 2.05) is 12.1 Å². The van der Waals surface area contributed by atoms with Crippen molar-refractivity contribution >= 4 is 33.3 Å². The molecule has 6 heteroatoms. The van der Waals surface area contributed by atoms with Gasteiger partial charge in [-0.25, -0.2) is 0 Å². The van der Waals surface area contributed by atoms with Crippen LogP contribution in [0, 0.1) is 5.92 Å². The monoisotopic (exact) mass is 459 g/mol. The number of benzene rings is 2. The third-order valence-corrected chi connectivity index (χ3v) is 6.93. The number of hydrogen-bond donors (Lipinski definition) is 1. The second kappa shape index (κ2) is 8.91. The third kappa shape index (κ3) is 4.25. The molecular weight excluding hydrogens is 434 g/mol. The highest BCUT2D eigenvalue weighted by molar-refractivity contribution is 9.10. The zero-order chi connectivity index (χ0) is 19.5. The van der Waals surface area contributed by atoms with Crippen LogP contribution in [0.2, 0.25) is 0 Å². The molecule has 0 spiro atoms. The maximum absolute atomic E-state index is 5.84. The lowest BCUT2D eigenvalue weighted by molar-refractivity contribution is -0.113. The molecule has 2 aliphatic rings. The molecule has 2 aliphatic heterocycles. The summed E-state index contributed by atoms with van der Waals surface area (Å²) in [5.41, 5.74) is 2.61. The van der Waals surface area contributed by atoms with Gasteiger partial charge in [-0.2, -0.15) is 5.06 Å². The fourth-order valence-electron chi connectivity index (χ4n) is 4.29. The Balaban J connectivity index is 1.49. The molecule has 0 amide bonds. The summed E-state index contributed by atoms with van der Waals surface area (Å²) >= 11 is 9.59. The predicted molar refractivity (Wildman–Crippen MR) is 120 cm³/mol. The van der Waals surface area contributed by atoms with E-state index in [4.69, 9.17) is 17.1 Å². The van der Waals surface area contributed by atoms with E-state index in [9.17, 15) is 0 Å². The van der Waals surface area contributed by atoms with Crippen LogP contribution in [0.15, 0.2) is 59.1 Å². The third-order valence-electron chi connectivity index (χ3n) is 5.83. The molecule has 3 atom stereocenters. The maximum atomic E-state index is 5.84. The summed E-state index contributed by atoms with van der Waals surface area (Å²) in [4.78, 5) is 8.18. The molecule has 0 aliphatic carbocycles. The topological polar surface area (TPSA) is 27.7 Å². The Kier molecular flexibility index (Phi) is 6.31. The predicted octanol–water partition coefficient (Wildman–Crippen LogP) is 4.17. The van der Waals surface area contributed by atoms with E-state index >= 15 is 0 Å². The number of hydrogen-bond acceptors (Lipinski definition) is 3. The molecule has 4 nitrogen and oxygen atoms in total. The molecular formula is C22H26BrN3OS. The fourth-order valence-corrected chi connectivity index (χ4v) is 5.15. The molecule has 0 radical (unpaired) electrons. The van der Waals surface area contributed by atoms with Crippen molar-refractivity contribution in [1.29, 1.82) is 0 Å². The summed E-state index contributed by atoms with van der Waals surface area (Å²) in [5.74, 6) is 0.484. The van der Waals surface area contributed by atoms with E-state index in [2.05, 4.69) is 80.7 Å². The van der Waals surface area contributed by atoms with Crippen LogP contribution in [0.3, 0.4) is 0 Å². The van der Waals surface area contributed by atoms with Crippen LogP contribution in [0.25, 0.3) is 0 Å². The molecule has 148 valence electrons. The highest BCUT2D eigenvalue weighted by Gasteiger charge is 2.43. The van der Waals surface area contributed by atoms with Gasteiger partial charge in [0.1, 0.15) is 0 Å². The second-order valence-electron chi connectivity index (χ2n) is 7.56. The van der Waals surface area contributed by atoms with Gasteiger partial charge in [-0.3, -0.25) is 4.84 Å². The molecule has 28 heavy (non-hydrogen) atoms.